The van der Waals surface area contributed by atoms with Crippen LogP contribution in [0.5, 0.6) is 5.75 Å². The van der Waals surface area contributed by atoms with E-state index in [0.717, 1.165) is 23.3 Å². The third-order valence-corrected chi connectivity index (χ3v) is 6.29. The fraction of sp³-hybridized carbons (Fsp3) is 0.417. The number of carbonyl (C=O) groups excluding carboxylic acids is 2. The average Bonchev–Trinajstić information content (AvgIpc) is 2.77. The number of ether oxygens (including phenoxy) is 1. The molecule has 2 aromatic rings. The zero-order chi connectivity index (χ0) is 22.8. The van der Waals surface area contributed by atoms with Crippen molar-refractivity contribution in [3.63, 3.8) is 0 Å². The van der Waals surface area contributed by atoms with Crippen LogP contribution in [0, 0.1) is 0 Å². The molecule has 168 valence electrons. The number of methoxy groups -OCH3 is 1. The van der Waals surface area contributed by atoms with Gasteiger partial charge in [-0.2, -0.15) is 0 Å². The molecule has 2 aromatic carbocycles. The lowest BCUT2D eigenvalue weighted by Gasteiger charge is -2.29. The topological polar surface area (TPSA) is 58.6 Å². The van der Waals surface area contributed by atoms with E-state index in [2.05, 4.69) is 5.32 Å². The smallest absolute Gasteiger partial charge is 0.242 e. The maximum atomic E-state index is 13.1. The van der Waals surface area contributed by atoms with Crippen LogP contribution < -0.4 is 10.1 Å². The van der Waals surface area contributed by atoms with Crippen molar-refractivity contribution in [2.45, 2.75) is 51.6 Å². The van der Waals surface area contributed by atoms with E-state index in [-0.39, 0.29) is 23.6 Å². The first-order valence-electron chi connectivity index (χ1n) is 10.4. The Morgan fingerprint density at radius 2 is 1.84 bits per heavy atom. The fourth-order valence-corrected chi connectivity index (χ4v) is 4.02. The lowest BCUT2D eigenvalue weighted by atomic mass is 10.1. The molecule has 0 aliphatic heterocycles. The van der Waals surface area contributed by atoms with Crippen molar-refractivity contribution >= 4 is 35.2 Å². The van der Waals surface area contributed by atoms with Gasteiger partial charge >= 0.3 is 0 Å². The van der Waals surface area contributed by atoms with Crippen molar-refractivity contribution in [2.24, 2.45) is 0 Å². The van der Waals surface area contributed by atoms with Gasteiger partial charge in [0, 0.05) is 23.4 Å². The standard InChI is InChI=1S/C24H31ClN2O3S/c1-5-17(2)26-24(29)18(3)27(14-20-7-6-8-21(25)13-20)23(28)16-31-15-19-9-11-22(30-4)12-10-19/h6-13,17-18H,5,14-16H2,1-4H3,(H,26,29)/t17-,18-/m0/s1. The lowest BCUT2D eigenvalue weighted by molar-refractivity contribution is -0.138. The van der Waals surface area contributed by atoms with Gasteiger partial charge in [-0.25, -0.2) is 0 Å². The highest BCUT2D eigenvalue weighted by atomic mass is 35.5. The molecular formula is C24H31ClN2O3S. The third-order valence-electron chi connectivity index (χ3n) is 5.06. The van der Waals surface area contributed by atoms with Crippen molar-refractivity contribution in [3.8, 4) is 5.75 Å². The van der Waals surface area contributed by atoms with E-state index in [9.17, 15) is 9.59 Å². The molecule has 0 aromatic heterocycles. The van der Waals surface area contributed by atoms with Gasteiger partial charge in [0.2, 0.25) is 11.8 Å². The minimum atomic E-state index is -0.581. The van der Waals surface area contributed by atoms with Gasteiger partial charge in [-0.15, -0.1) is 11.8 Å². The molecule has 0 unspecified atom stereocenters. The molecule has 0 saturated heterocycles. The monoisotopic (exact) mass is 462 g/mol. The lowest BCUT2D eigenvalue weighted by Crippen LogP contribution is -2.50. The van der Waals surface area contributed by atoms with Crippen LogP contribution >= 0.6 is 23.4 Å². The Morgan fingerprint density at radius 3 is 2.45 bits per heavy atom. The summed E-state index contributed by atoms with van der Waals surface area (Å²) in [7, 11) is 1.63. The number of thioether (sulfide) groups is 1. The minimum Gasteiger partial charge on any atom is -0.497 e. The Kier molecular flexibility index (Phi) is 10.2. The van der Waals surface area contributed by atoms with Gasteiger partial charge < -0.3 is 15.0 Å². The molecule has 0 spiro atoms. The van der Waals surface area contributed by atoms with E-state index >= 15 is 0 Å². The fourth-order valence-electron chi connectivity index (χ4n) is 2.94. The summed E-state index contributed by atoms with van der Waals surface area (Å²) in [5.74, 6) is 1.57. The molecule has 0 fully saturated rings. The number of hydrogen-bond donors (Lipinski definition) is 1. The molecule has 0 heterocycles. The SMILES string of the molecule is CC[C@H](C)NC(=O)[C@H](C)N(Cc1cccc(Cl)c1)C(=O)CSCc1ccc(OC)cc1. The molecular weight excluding hydrogens is 432 g/mol. The van der Waals surface area contributed by atoms with Crippen LogP contribution in [0.1, 0.15) is 38.3 Å². The van der Waals surface area contributed by atoms with Gasteiger partial charge in [-0.05, 0) is 55.7 Å². The highest BCUT2D eigenvalue weighted by molar-refractivity contribution is 7.99. The molecule has 31 heavy (non-hydrogen) atoms. The highest BCUT2D eigenvalue weighted by Crippen LogP contribution is 2.19. The van der Waals surface area contributed by atoms with Crippen molar-refractivity contribution in [1.82, 2.24) is 10.2 Å². The number of amides is 2. The summed E-state index contributed by atoms with van der Waals surface area (Å²) >= 11 is 7.64. The van der Waals surface area contributed by atoms with Crippen LogP contribution in [-0.2, 0) is 21.9 Å². The first kappa shape index (κ1) is 25.1. The van der Waals surface area contributed by atoms with Crippen LogP contribution in [0.2, 0.25) is 5.02 Å². The van der Waals surface area contributed by atoms with Crippen molar-refractivity contribution in [3.05, 3.63) is 64.7 Å². The summed E-state index contributed by atoms with van der Waals surface area (Å²) in [6.07, 6.45) is 0.832. The quantitative estimate of drug-likeness (QED) is 0.515. The zero-order valence-electron chi connectivity index (χ0n) is 18.6. The van der Waals surface area contributed by atoms with Crippen LogP contribution in [0.3, 0.4) is 0 Å². The Bertz CT molecular complexity index is 860. The third kappa shape index (κ3) is 8.11. The highest BCUT2D eigenvalue weighted by Gasteiger charge is 2.26. The summed E-state index contributed by atoms with van der Waals surface area (Å²) in [5.41, 5.74) is 2.01. The van der Waals surface area contributed by atoms with Crippen LogP contribution in [-0.4, -0.2) is 41.7 Å². The molecule has 1 N–H and O–H groups in total. The van der Waals surface area contributed by atoms with E-state index < -0.39 is 6.04 Å². The molecule has 0 saturated carbocycles. The molecule has 2 atom stereocenters. The van der Waals surface area contributed by atoms with E-state index in [1.54, 1.807) is 25.0 Å². The first-order valence-corrected chi connectivity index (χ1v) is 11.9. The van der Waals surface area contributed by atoms with Crippen molar-refractivity contribution < 1.29 is 14.3 Å². The number of carbonyl (C=O) groups is 2. The Morgan fingerprint density at radius 1 is 1.13 bits per heavy atom. The summed E-state index contributed by atoms with van der Waals surface area (Å²) in [6.45, 7) is 6.07. The van der Waals surface area contributed by atoms with Gasteiger partial charge in [0.05, 0.1) is 12.9 Å². The Hall–Kier alpha value is -2.18. The molecule has 0 bridgehead atoms. The summed E-state index contributed by atoms with van der Waals surface area (Å²) in [4.78, 5) is 27.4. The summed E-state index contributed by atoms with van der Waals surface area (Å²) in [6, 6.07) is 14.6. The number of nitrogens with zero attached hydrogens (tertiary/aromatic N) is 1. The molecule has 7 heteroatoms. The molecule has 5 nitrogen and oxygen atoms in total. The maximum absolute atomic E-state index is 13.1. The Labute approximate surface area is 194 Å². The number of hydrogen-bond acceptors (Lipinski definition) is 4. The van der Waals surface area contributed by atoms with Crippen LogP contribution in [0.15, 0.2) is 48.5 Å². The molecule has 2 amide bonds. The normalized spacial score (nSPS) is 12.7. The van der Waals surface area contributed by atoms with E-state index in [0.29, 0.717) is 17.3 Å². The predicted molar refractivity (Wildman–Crippen MR) is 129 cm³/mol. The van der Waals surface area contributed by atoms with E-state index in [1.807, 2.05) is 56.3 Å². The van der Waals surface area contributed by atoms with Crippen molar-refractivity contribution in [1.29, 1.82) is 0 Å². The van der Waals surface area contributed by atoms with Crippen molar-refractivity contribution in [2.75, 3.05) is 12.9 Å². The van der Waals surface area contributed by atoms with E-state index in [1.165, 1.54) is 11.8 Å². The first-order chi connectivity index (χ1) is 14.8. The average molecular weight is 463 g/mol. The molecule has 0 aliphatic rings. The van der Waals surface area contributed by atoms with E-state index in [4.69, 9.17) is 16.3 Å². The second kappa shape index (κ2) is 12.6. The zero-order valence-corrected chi connectivity index (χ0v) is 20.1. The number of halogens is 1. The largest absolute Gasteiger partial charge is 0.497 e. The number of benzene rings is 2. The van der Waals surface area contributed by atoms with Gasteiger partial charge in [0.25, 0.3) is 0 Å². The van der Waals surface area contributed by atoms with Gasteiger partial charge in [-0.3, -0.25) is 9.59 Å². The second-order valence-electron chi connectivity index (χ2n) is 7.49. The summed E-state index contributed by atoms with van der Waals surface area (Å²) < 4.78 is 5.18. The molecule has 0 radical (unpaired) electrons. The molecule has 0 aliphatic carbocycles. The van der Waals surface area contributed by atoms with Gasteiger partial charge in [0.15, 0.2) is 0 Å². The summed E-state index contributed by atoms with van der Waals surface area (Å²) in [5, 5.41) is 3.58. The number of rotatable bonds is 11. The number of nitrogens with one attached hydrogen (secondary N) is 1. The second-order valence-corrected chi connectivity index (χ2v) is 8.91. The molecule has 2 rings (SSSR count). The Balaban J connectivity index is 2.06. The van der Waals surface area contributed by atoms with Gasteiger partial charge in [0.1, 0.15) is 11.8 Å². The predicted octanol–water partition coefficient (Wildman–Crippen LogP) is 4.91. The minimum absolute atomic E-state index is 0.0579. The maximum Gasteiger partial charge on any atom is 0.242 e. The van der Waals surface area contributed by atoms with Crippen LogP contribution in [0.4, 0.5) is 0 Å². The van der Waals surface area contributed by atoms with Gasteiger partial charge in [-0.1, -0.05) is 42.8 Å². The van der Waals surface area contributed by atoms with Crippen LogP contribution in [0.25, 0.3) is 0 Å².